The van der Waals surface area contributed by atoms with E-state index in [2.05, 4.69) is 15.0 Å². The normalized spacial score (nSPS) is 10.8. The first kappa shape index (κ1) is 17.6. The van der Waals surface area contributed by atoms with Gasteiger partial charge in [-0.05, 0) is 42.0 Å². The summed E-state index contributed by atoms with van der Waals surface area (Å²) in [5.74, 6) is 1.43. The topological polar surface area (TPSA) is 105 Å². The van der Waals surface area contributed by atoms with E-state index in [1.807, 2.05) is 42.5 Å². The summed E-state index contributed by atoms with van der Waals surface area (Å²) < 4.78 is 0. The maximum Gasteiger partial charge on any atom is 0.167 e. The lowest BCUT2D eigenvalue weighted by atomic mass is 10.1. The zero-order chi connectivity index (χ0) is 19.5. The molecule has 4 aromatic rings. The maximum absolute atomic E-state index is 10.2. The van der Waals surface area contributed by atoms with E-state index >= 15 is 0 Å². The van der Waals surface area contributed by atoms with Crippen LogP contribution in [-0.2, 0) is 6.61 Å². The number of aliphatic hydroxyl groups excluding tert-OH is 1. The number of rotatable bonds is 4. The number of nitrogen functional groups attached to an aromatic ring is 1. The summed E-state index contributed by atoms with van der Waals surface area (Å²) in [7, 11) is 0. The van der Waals surface area contributed by atoms with Gasteiger partial charge in [0.15, 0.2) is 17.5 Å². The van der Waals surface area contributed by atoms with Crippen LogP contribution in [0.5, 0.6) is 5.75 Å². The van der Waals surface area contributed by atoms with Gasteiger partial charge in [-0.15, -0.1) is 0 Å². The molecule has 4 N–H and O–H groups in total. The summed E-state index contributed by atoms with van der Waals surface area (Å²) in [5, 5.41) is 19.5. The average Bonchev–Trinajstić information content (AvgIpc) is 2.74. The molecule has 3 aromatic carbocycles. The Kier molecular flexibility index (Phi) is 4.70. The van der Waals surface area contributed by atoms with Gasteiger partial charge in [0.05, 0.1) is 12.2 Å². The van der Waals surface area contributed by atoms with Gasteiger partial charge in [-0.1, -0.05) is 36.4 Å². The van der Waals surface area contributed by atoms with Crippen LogP contribution in [0.4, 0.5) is 5.69 Å². The van der Waals surface area contributed by atoms with Crippen LogP contribution < -0.4 is 5.73 Å². The minimum Gasteiger partial charge on any atom is -0.507 e. The fourth-order valence-electron chi connectivity index (χ4n) is 2.81. The second-order valence-corrected chi connectivity index (χ2v) is 6.30. The number of anilines is 1. The third-order valence-electron chi connectivity index (χ3n) is 4.34. The van der Waals surface area contributed by atoms with E-state index < -0.39 is 0 Å². The summed E-state index contributed by atoms with van der Waals surface area (Å²) in [6.45, 7) is -0.0304. The monoisotopic (exact) mass is 370 g/mol. The second kappa shape index (κ2) is 7.46. The van der Waals surface area contributed by atoms with E-state index in [9.17, 15) is 10.2 Å². The Hall–Kier alpha value is -3.77. The van der Waals surface area contributed by atoms with Crippen molar-refractivity contribution < 1.29 is 10.2 Å². The molecule has 4 rings (SSSR count). The molecule has 0 aliphatic rings. The van der Waals surface area contributed by atoms with E-state index in [0.717, 1.165) is 16.7 Å². The second-order valence-electron chi connectivity index (χ2n) is 6.30. The van der Waals surface area contributed by atoms with Crippen molar-refractivity contribution in [3.63, 3.8) is 0 Å². The maximum atomic E-state index is 10.2. The van der Waals surface area contributed by atoms with Crippen molar-refractivity contribution in [2.24, 2.45) is 0 Å². The molecule has 0 radical (unpaired) electrons. The van der Waals surface area contributed by atoms with Crippen LogP contribution in [0.25, 0.3) is 34.2 Å². The van der Waals surface area contributed by atoms with Gasteiger partial charge in [0.1, 0.15) is 5.75 Å². The standard InChI is InChI=1S/C22H18N4O2/c23-17-11-9-16(10-12-17)21-24-20(15-7-5-14(13-27)6-8-15)25-22(26-21)18-3-1-2-4-19(18)28/h1-12,27-28H,13,23H2. The summed E-state index contributed by atoms with van der Waals surface area (Å²) in [4.78, 5) is 13.7. The fraction of sp³-hybridized carbons (Fsp3) is 0.0455. The molecule has 0 fully saturated rings. The minimum absolute atomic E-state index is 0.0304. The van der Waals surface area contributed by atoms with Crippen LogP contribution in [0.3, 0.4) is 0 Å². The molecule has 0 saturated heterocycles. The Morgan fingerprint density at radius 2 is 1.21 bits per heavy atom. The molecule has 0 unspecified atom stereocenters. The molecule has 0 aliphatic heterocycles. The Morgan fingerprint density at radius 1 is 0.679 bits per heavy atom. The van der Waals surface area contributed by atoms with Gasteiger partial charge in [-0.2, -0.15) is 0 Å². The largest absolute Gasteiger partial charge is 0.507 e. The zero-order valence-corrected chi connectivity index (χ0v) is 14.9. The lowest BCUT2D eigenvalue weighted by Crippen LogP contribution is -2.00. The quantitative estimate of drug-likeness (QED) is 0.474. The van der Waals surface area contributed by atoms with E-state index in [1.54, 1.807) is 30.3 Å². The molecule has 0 saturated carbocycles. The van der Waals surface area contributed by atoms with Gasteiger partial charge >= 0.3 is 0 Å². The number of nitrogens with two attached hydrogens (primary N) is 1. The third-order valence-corrected chi connectivity index (χ3v) is 4.34. The summed E-state index contributed by atoms with van der Waals surface area (Å²) in [6.07, 6.45) is 0. The van der Waals surface area contributed by atoms with Crippen LogP contribution in [0.2, 0.25) is 0 Å². The van der Waals surface area contributed by atoms with Gasteiger partial charge < -0.3 is 15.9 Å². The van der Waals surface area contributed by atoms with E-state index in [1.165, 1.54) is 0 Å². The fourth-order valence-corrected chi connectivity index (χ4v) is 2.81. The Bertz CT molecular complexity index is 1110. The molecular weight excluding hydrogens is 352 g/mol. The molecule has 138 valence electrons. The highest BCUT2D eigenvalue weighted by Crippen LogP contribution is 2.29. The van der Waals surface area contributed by atoms with Crippen LogP contribution >= 0.6 is 0 Å². The smallest absolute Gasteiger partial charge is 0.167 e. The predicted octanol–water partition coefficient (Wildman–Crippen LogP) is 3.65. The molecule has 0 spiro atoms. The van der Waals surface area contributed by atoms with Crippen molar-refractivity contribution in [1.82, 2.24) is 15.0 Å². The van der Waals surface area contributed by atoms with Crippen molar-refractivity contribution in [2.75, 3.05) is 5.73 Å². The molecule has 0 bridgehead atoms. The van der Waals surface area contributed by atoms with Crippen molar-refractivity contribution in [3.8, 4) is 39.9 Å². The molecular formula is C22H18N4O2. The first-order valence-corrected chi connectivity index (χ1v) is 8.74. The van der Waals surface area contributed by atoms with Crippen LogP contribution in [0.1, 0.15) is 5.56 Å². The Labute approximate surface area is 162 Å². The minimum atomic E-state index is -0.0304. The predicted molar refractivity (Wildman–Crippen MR) is 108 cm³/mol. The number of aromatic nitrogens is 3. The highest BCUT2D eigenvalue weighted by atomic mass is 16.3. The first-order chi connectivity index (χ1) is 13.6. The molecule has 6 nitrogen and oxygen atoms in total. The van der Waals surface area contributed by atoms with Crippen molar-refractivity contribution in [3.05, 3.63) is 78.4 Å². The highest BCUT2D eigenvalue weighted by Gasteiger charge is 2.14. The SMILES string of the molecule is Nc1ccc(-c2nc(-c3ccc(CO)cc3)nc(-c3ccccc3O)n2)cc1. The number of hydrogen-bond acceptors (Lipinski definition) is 6. The molecule has 0 atom stereocenters. The van der Waals surface area contributed by atoms with Gasteiger partial charge in [0.2, 0.25) is 0 Å². The number of phenols is 1. The molecule has 1 heterocycles. The summed E-state index contributed by atoms with van der Waals surface area (Å²) in [6, 6.07) is 21.5. The van der Waals surface area contributed by atoms with Crippen molar-refractivity contribution in [2.45, 2.75) is 6.61 Å². The molecule has 6 heteroatoms. The Balaban J connectivity index is 1.89. The Morgan fingerprint density at radius 3 is 1.79 bits per heavy atom. The van der Waals surface area contributed by atoms with Gasteiger partial charge in [-0.3, -0.25) is 0 Å². The third kappa shape index (κ3) is 3.54. The molecule has 0 amide bonds. The summed E-state index contributed by atoms with van der Waals surface area (Å²) in [5.41, 5.74) is 9.34. The molecule has 0 aliphatic carbocycles. The van der Waals surface area contributed by atoms with Crippen LogP contribution in [-0.4, -0.2) is 25.2 Å². The number of aromatic hydroxyl groups is 1. The lowest BCUT2D eigenvalue weighted by Gasteiger charge is -2.09. The zero-order valence-electron chi connectivity index (χ0n) is 14.9. The number of benzene rings is 3. The first-order valence-electron chi connectivity index (χ1n) is 8.74. The average molecular weight is 370 g/mol. The molecule has 1 aromatic heterocycles. The van der Waals surface area contributed by atoms with E-state index in [4.69, 9.17) is 5.73 Å². The van der Waals surface area contributed by atoms with E-state index in [-0.39, 0.29) is 12.4 Å². The van der Waals surface area contributed by atoms with Crippen LogP contribution in [0.15, 0.2) is 72.8 Å². The van der Waals surface area contributed by atoms with Gasteiger partial charge in [-0.25, -0.2) is 15.0 Å². The number of hydrogen-bond donors (Lipinski definition) is 3. The van der Waals surface area contributed by atoms with Gasteiger partial charge in [0.25, 0.3) is 0 Å². The van der Waals surface area contributed by atoms with Crippen molar-refractivity contribution >= 4 is 5.69 Å². The lowest BCUT2D eigenvalue weighted by molar-refractivity contribution is 0.282. The highest BCUT2D eigenvalue weighted by molar-refractivity contribution is 5.70. The molecule has 28 heavy (non-hydrogen) atoms. The number of para-hydroxylation sites is 1. The number of phenolic OH excluding ortho intramolecular Hbond substituents is 1. The van der Waals surface area contributed by atoms with Gasteiger partial charge in [0, 0.05) is 16.8 Å². The number of aliphatic hydroxyl groups is 1. The van der Waals surface area contributed by atoms with Crippen molar-refractivity contribution in [1.29, 1.82) is 0 Å². The van der Waals surface area contributed by atoms with E-state index in [0.29, 0.717) is 28.7 Å². The number of nitrogens with zero attached hydrogens (tertiary/aromatic N) is 3. The van der Waals surface area contributed by atoms with Crippen LogP contribution in [0, 0.1) is 0 Å². The summed E-state index contributed by atoms with van der Waals surface area (Å²) >= 11 is 0.